The Kier molecular flexibility index (Phi) is 5.16. The average molecular weight is 352 g/mol. The Balaban J connectivity index is 1.73. The molecule has 1 amide bonds. The number of aromatic nitrogens is 5. The van der Waals surface area contributed by atoms with E-state index in [1.54, 1.807) is 24.5 Å². The summed E-state index contributed by atoms with van der Waals surface area (Å²) in [6.45, 7) is 7.51. The van der Waals surface area contributed by atoms with Crippen LogP contribution in [0.3, 0.4) is 0 Å². The van der Waals surface area contributed by atoms with E-state index < -0.39 is 0 Å². The van der Waals surface area contributed by atoms with E-state index in [0.29, 0.717) is 12.1 Å². The molecule has 0 spiro atoms. The molecule has 7 nitrogen and oxygen atoms in total. The molecule has 0 saturated carbocycles. The number of hydrogen-bond acceptors (Lipinski definition) is 4. The zero-order valence-electron chi connectivity index (χ0n) is 15.6. The predicted molar refractivity (Wildman–Crippen MR) is 99.5 cm³/mol. The Bertz CT molecular complexity index is 878. The van der Waals surface area contributed by atoms with Crippen molar-refractivity contribution in [2.45, 2.75) is 39.9 Å². The molecule has 0 radical (unpaired) electrons. The summed E-state index contributed by atoms with van der Waals surface area (Å²) < 4.78 is 3.72. The monoisotopic (exact) mass is 352 g/mol. The van der Waals surface area contributed by atoms with Crippen molar-refractivity contribution in [3.63, 3.8) is 0 Å². The van der Waals surface area contributed by atoms with Crippen molar-refractivity contribution in [2.75, 3.05) is 7.05 Å². The molecular weight excluding hydrogens is 328 g/mol. The molecule has 0 unspecified atom stereocenters. The molecule has 0 N–H and O–H groups in total. The number of carbonyl (C=O) groups excluding carboxylic acids is 1. The highest BCUT2D eigenvalue weighted by Crippen LogP contribution is 2.20. The van der Waals surface area contributed by atoms with Gasteiger partial charge in [-0.2, -0.15) is 10.2 Å². The van der Waals surface area contributed by atoms with E-state index in [4.69, 9.17) is 0 Å². The van der Waals surface area contributed by atoms with E-state index in [1.165, 1.54) is 0 Å². The zero-order valence-corrected chi connectivity index (χ0v) is 15.6. The number of rotatable bonds is 6. The van der Waals surface area contributed by atoms with E-state index in [0.717, 1.165) is 23.5 Å². The Labute approximate surface area is 153 Å². The second kappa shape index (κ2) is 7.51. The van der Waals surface area contributed by atoms with Gasteiger partial charge in [0.1, 0.15) is 6.33 Å². The molecule has 7 heteroatoms. The number of nitrogens with zero attached hydrogens (tertiary/aromatic N) is 6. The average Bonchev–Trinajstić information content (AvgIpc) is 3.30. The van der Waals surface area contributed by atoms with Crippen LogP contribution in [0.15, 0.2) is 43.0 Å². The first-order chi connectivity index (χ1) is 12.5. The van der Waals surface area contributed by atoms with E-state index in [1.807, 2.05) is 46.7 Å². The highest BCUT2D eigenvalue weighted by molar-refractivity contribution is 5.94. The molecule has 3 aromatic rings. The summed E-state index contributed by atoms with van der Waals surface area (Å²) in [4.78, 5) is 18.7. The number of hydrogen-bond donors (Lipinski definition) is 0. The maximum absolute atomic E-state index is 12.7. The van der Waals surface area contributed by atoms with Gasteiger partial charge in [0.05, 0.1) is 6.20 Å². The first kappa shape index (κ1) is 17.8. The largest absolute Gasteiger partial charge is 0.337 e. The lowest BCUT2D eigenvalue weighted by atomic mass is 10.1. The van der Waals surface area contributed by atoms with Crippen LogP contribution in [-0.2, 0) is 13.1 Å². The molecular formula is C19H24N6O. The molecule has 2 heterocycles. The minimum Gasteiger partial charge on any atom is -0.337 e. The van der Waals surface area contributed by atoms with Crippen LogP contribution in [0, 0.1) is 0 Å². The summed E-state index contributed by atoms with van der Waals surface area (Å²) in [6.07, 6.45) is 5.32. The van der Waals surface area contributed by atoms with Gasteiger partial charge in [-0.05, 0) is 32.9 Å². The molecule has 136 valence electrons. The summed E-state index contributed by atoms with van der Waals surface area (Å²) in [5.74, 6) is 0.783. The minimum atomic E-state index is -0.0221. The van der Waals surface area contributed by atoms with Crippen LogP contribution in [-0.4, -0.2) is 42.4 Å². The molecule has 0 atom stereocenters. The van der Waals surface area contributed by atoms with Crippen LogP contribution in [0.4, 0.5) is 0 Å². The number of benzene rings is 1. The number of aryl methyl sites for hydroxylation is 1. The topological polar surface area (TPSA) is 68.8 Å². The van der Waals surface area contributed by atoms with Crippen LogP contribution in [0.2, 0.25) is 0 Å². The van der Waals surface area contributed by atoms with Crippen LogP contribution in [0.5, 0.6) is 0 Å². The van der Waals surface area contributed by atoms with Crippen LogP contribution >= 0.6 is 0 Å². The van der Waals surface area contributed by atoms with Crippen molar-refractivity contribution in [3.05, 3.63) is 54.1 Å². The van der Waals surface area contributed by atoms with Crippen molar-refractivity contribution >= 4 is 5.91 Å². The molecule has 0 aliphatic carbocycles. The van der Waals surface area contributed by atoms with Gasteiger partial charge in [-0.15, -0.1) is 0 Å². The zero-order chi connectivity index (χ0) is 18.7. The van der Waals surface area contributed by atoms with Crippen molar-refractivity contribution in [1.82, 2.24) is 29.4 Å². The molecule has 0 saturated heterocycles. The SMILES string of the molecule is CCn1cc(CN(C)C(=O)c2ccc(-c3ncnn3C(C)C)cc2)cn1. The maximum Gasteiger partial charge on any atom is 0.253 e. The molecule has 0 fully saturated rings. The smallest absolute Gasteiger partial charge is 0.253 e. The quantitative estimate of drug-likeness (QED) is 0.684. The highest BCUT2D eigenvalue weighted by atomic mass is 16.2. The van der Waals surface area contributed by atoms with Gasteiger partial charge < -0.3 is 4.90 Å². The summed E-state index contributed by atoms with van der Waals surface area (Å²) in [6, 6.07) is 7.73. The number of amides is 1. The van der Waals surface area contributed by atoms with Crippen LogP contribution in [0.25, 0.3) is 11.4 Å². The maximum atomic E-state index is 12.7. The van der Waals surface area contributed by atoms with E-state index in [2.05, 4.69) is 29.0 Å². The first-order valence-corrected chi connectivity index (χ1v) is 8.76. The third-order valence-electron chi connectivity index (χ3n) is 4.23. The second-order valence-electron chi connectivity index (χ2n) is 6.56. The van der Waals surface area contributed by atoms with E-state index in [-0.39, 0.29) is 11.9 Å². The van der Waals surface area contributed by atoms with Crippen LogP contribution < -0.4 is 0 Å². The standard InChI is InChI=1S/C19H24N6O/c1-5-24-12-15(10-21-24)11-23(4)19(26)17-8-6-16(7-9-17)18-20-13-22-25(18)14(2)3/h6-10,12-14H,5,11H2,1-4H3. The van der Waals surface area contributed by atoms with Gasteiger partial charge in [-0.3, -0.25) is 9.48 Å². The minimum absolute atomic E-state index is 0.0221. The Hall–Kier alpha value is -2.96. The normalized spacial score (nSPS) is 11.1. The lowest BCUT2D eigenvalue weighted by molar-refractivity contribution is 0.0785. The molecule has 1 aromatic carbocycles. The van der Waals surface area contributed by atoms with Crippen LogP contribution in [0.1, 0.15) is 42.7 Å². The summed E-state index contributed by atoms with van der Waals surface area (Å²) >= 11 is 0. The van der Waals surface area contributed by atoms with Gasteiger partial charge in [-0.25, -0.2) is 9.67 Å². The van der Waals surface area contributed by atoms with Gasteiger partial charge in [0.2, 0.25) is 0 Å². The van der Waals surface area contributed by atoms with Crippen molar-refractivity contribution in [3.8, 4) is 11.4 Å². The van der Waals surface area contributed by atoms with Gasteiger partial charge in [0.15, 0.2) is 5.82 Å². The lowest BCUT2D eigenvalue weighted by Crippen LogP contribution is -2.26. The second-order valence-corrected chi connectivity index (χ2v) is 6.56. The highest BCUT2D eigenvalue weighted by Gasteiger charge is 2.15. The molecule has 2 aromatic heterocycles. The fourth-order valence-corrected chi connectivity index (χ4v) is 2.82. The third kappa shape index (κ3) is 3.66. The van der Waals surface area contributed by atoms with Gasteiger partial charge in [0, 0.05) is 49.1 Å². The van der Waals surface area contributed by atoms with Gasteiger partial charge >= 0.3 is 0 Å². The Morgan fingerprint density at radius 1 is 1.19 bits per heavy atom. The van der Waals surface area contributed by atoms with Crippen molar-refractivity contribution < 1.29 is 4.79 Å². The number of carbonyl (C=O) groups is 1. The molecule has 0 bridgehead atoms. The molecule has 3 rings (SSSR count). The van der Waals surface area contributed by atoms with Crippen molar-refractivity contribution in [2.24, 2.45) is 0 Å². The fourth-order valence-electron chi connectivity index (χ4n) is 2.82. The lowest BCUT2D eigenvalue weighted by Gasteiger charge is -2.16. The van der Waals surface area contributed by atoms with Gasteiger partial charge in [-0.1, -0.05) is 12.1 Å². The van der Waals surface area contributed by atoms with E-state index >= 15 is 0 Å². The summed E-state index contributed by atoms with van der Waals surface area (Å²) in [7, 11) is 1.80. The predicted octanol–water partition coefficient (Wildman–Crippen LogP) is 3.01. The fraction of sp³-hybridized carbons (Fsp3) is 0.368. The molecule has 0 aliphatic heterocycles. The van der Waals surface area contributed by atoms with Gasteiger partial charge in [0.25, 0.3) is 5.91 Å². The summed E-state index contributed by atoms with van der Waals surface area (Å²) in [5.41, 5.74) is 2.61. The molecule has 0 aliphatic rings. The Morgan fingerprint density at radius 2 is 1.92 bits per heavy atom. The molecule has 26 heavy (non-hydrogen) atoms. The van der Waals surface area contributed by atoms with Crippen molar-refractivity contribution in [1.29, 1.82) is 0 Å². The van der Waals surface area contributed by atoms with E-state index in [9.17, 15) is 4.79 Å². The summed E-state index contributed by atoms with van der Waals surface area (Å²) in [5, 5.41) is 8.50. The third-order valence-corrected chi connectivity index (χ3v) is 4.23. The Morgan fingerprint density at radius 3 is 2.54 bits per heavy atom. The first-order valence-electron chi connectivity index (χ1n) is 8.76.